The van der Waals surface area contributed by atoms with Crippen molar-refractivity contribution in [3.05, 3.63) is 82.4 Å². The molecule has 3 aromatic carbocycles. The molecule has 0 saturated heterocycles. The Morgan fingerprint density at radius 2 is 1.55 bits per heavy atom. The Labute approximate surface area is 185 Å². The molecular formula is C26H29N2O2Si-. The summed E-state index contributed by atoms with van der Waals surface area (Å²) in [5, 5.41) is 17.5. The van der Waals surface area contributed by atoms with E-state index in [2.05, 4.69) is 73.8 Å². The molecule has 4 nitrogen and oxygen atoms in total. The van der Waals surface area contributed by atoms with Gasteiger partial charge in [0.05, 0.1) is 5.97 Å². The first-order chi connectivity index (χ1) is 14.6. The van der Waals surface area contributed by atoms with Crippen LogP contribution >= 0.6 is 0 Å². The summed E-state index contributed by atoms with van der Waals surface area (Å²) in [6, 6.07) is 18.9. The quantitative estimate of drug-likeness (QED) is 0.648. The maximum Gasteiger partial charge on any atom is 0.113 e. The molecule has 1 heterocycles. The number of hydrogen-bond donors (Lipinski definition) is 1. The average molecular weight is 430 g/mol. The number of nitrogens with zero attached hydrogens (tertiary/aromatic N) is 1. The molecule has 0 radical (unpaired) electrons. The van der Waals surface area contributed by atoms with Crippen LogP contribution in [0, 0.1) is 6.92 Å². The van der Waals surface area contributed by atoms with Crippen molar-refractivity contribution >= 4 is 35.8 Å². The predicted octanol–water partition coefficient (Wildman–Crippen LogP) is 2.78. The molecule has 0 fully saturated rings. The number of hydrogen-bond acceptors (Lipinski definition) is 4. The first kappa shape index (κ1) is 21.2. The third-order valence-corrected chi connectivity index (χ3v) is 10.2. The van der Waals surface area contributed by atoms with Crippen LogP contribution in [0.3, 0.4) is 0 Å². The fourth-order valence-corrected chi connectivity index (χ4v) is 8.11. The Hall–Kier alpha value is -3.05. The van der Waals surface area contributed by atoms with E-state index in [0.29, 0.717) is 0 Å². The van der Waals surface area contributed by atoms with Crippen molar-refractivity contribution in [3.8, 4) is 0 Å². The molecule has 1 unspecified atom stereocenters. The smallest absolute Gasteiger partial charge is 0.113 e. The second kappa shape index (κ2) is 7.57. The molecule has 1 atom stereocenters. The van der Waals surface area contributed by atoms with E-state index in [0.717, 1.165) is 16.8 Å². The van der Waals surface area contributed by atoms with Gasteiger partial charge in [0, 0.05) is 38.4 Å². The number of aryl methyl sites for hydroxylation is 1. The molecule has 31 heavy (non-hydrogen) atoms. The Morgan fingerprint density at radius 3 is 2.13 bits per heavy atom. The molecule has 1 N–H and O–H groups in total. The highest BCUT2D eigenvalue weighted by atomic mass is 28.3. The largest absolute Gasteiger partial charge is 0.545 e. The Balaban J connectivity index is 2.02. The van der Waals surface area contributed by atoms with Crippen LogP contribution in [0.5, 0.6) is 0 Å². The van der Waals surface area contributed by atoms with Gasteiger partial charge in [0.25, 0.3) is 0 Å². The first-order valence-corrected chi connectivity index (χ1v) is 13.6. The number of carboxylic acids is 1. The average Bonchev–Trinajstić information content (AvgIpc) is 2.74. The normalized spacial score (nSPS) is 16.3. The highest BCUT2D eigenvalue weighted by molar-refractivity contribution is 7.01. The van der Waals surface area contributed by atoms with Gasteiger partial charge in [0.2, 0.25) is 0 Å². The highest BCUT2D eigenvalue weighted by Gasteiger charge is 2.40. The minimum Gasteiger partial charge on any atom is -0.545 e. The van der Waals surface area contributed by atoms with Gasteiger partial charge in [-0.25, -0.2) is 0 Å². The number of carboxylic acid groups (broad SMARTS) is 1. The van der Waals surface area contributed by atoms with Gasteiger partial charge < -0.3 is 20.1 Å². The molecule has 0 aromatic heterocycles. The summed E-state index contributed by atoms with van der Waals surface area (Å²) in [5.74, 6) is -1.06. The van der Waals surface area contributed by atoms with Crippen LogP contribution in [0.25, 0.3) is 0 Å². The number of anilines is 2. The fourth-order valence-electron chi connectivity index (χ4n) is 4.89. The van der Waals surface area contributed by atoms with Gasteiger partial charge in [-0.1, -0.05) is 37.4 Å². The molecule has 3 aromatic rings. The van der Waals surface area contributed by atoms with Crippen molar-refractivity contribution in [1.82, 2.24) is 0 Å². The van der Waals surface area contributed by atoms with Crippen molar-refractivity contribution in [2.24, 2.45) is 0 Å². The lowest BCUT2D eigenvalue weighted by Gasteiger charge is -2.40. The Bertz CT molecular complexity index is 1180. The molecule has 0 amide bonds. The fraction of sp³-hybridized carbons (Fsp3) is 0.269. The number of nitrogens with one attached hydrogen (secondary N) is 1. The number of benzene rings is 3. The second-order valence-electron chi connectivity index (χ2n) is 9.13. The van der Waals surface area contributed by atoms with Gasteiger partial charge in [-0.15, -0.1) is 0 Å². The number of aromatic carboxylic acids is 1. The molecule has 0 aliphatic carbocycles. The van der Waals surface area contributed by atoms with Crippen LogP contribution in [-0.2, 0) is 0 Å². The van der Waals surface area contributed by atoms with Crippen molar-refractivity contribution < 1.29 is 9.90 Å². The van der Waals surface area contributed by atoms with Gasteiger partial charge in [-0.3, -0.25) is 0 Å². The Morgan fingerprint density at radius 1 is 0.935 bits per heavy atom. The van der Waals surface area contributed by atoms with E-state index in [-0.39, 0.29) is 11.5 Å². The minimum atomic E-state index is -1.95. The number of fused-ring (bicyclic) bond motifs is 2. The van der Waals surface area contributed by atoms with E-state index < -0.39 is 14.0 Å². The molecule has 1 aliphatic rings. The number of rotatable bonds is 4. The molecule has 160 valence electrons. The van der Waals surface area contributed by atoms with Crippen molar-refractivity contribution in [1.29, 1.82) is 0 Å². The van der Waals surface area contributed by atoms with Gasteiger partial charge in [-0.2, -0.15) is 0 Å². The molecule has 0 bridgehead atoms. The summed E-state index contributed by atoms with van der Waals surface area (Å²) in [5.41, 5.74) is 7.32. The van der Waals surface area contributed by atoms with Gasteiger partial charge in [0.1, 0.15) is 8.07 Å². The third kappa shape index (κ3) is 3.43. The summed E-state index contributed by atoms with van der Waals surface area (Å²) in [7, 11) is 4.16. The summed E-state index contributed by atoms with van der Waals surface area (Å²) in [6.45, 7) is 6.84. The standard InChI is InChI=1S/C26H30N2O2Si/c1-16-13-17(26(29)30)7-10-20(16)25-21-11-8-18(27-2)14-23(21)31(5,6)24-15-19(28(3)4)9-12-22(24)25/h7-15,25,27H,1-6H3,(H,29,30)/p-1. The van der Waals surface area contributed by atoms with Crippen molar-refractivity contribution in [2.45, 2.75) is 25.9 Å². The molecule has 0 saturated carbocycles. The molecule has 5 heteroatoms. The van der Waals surface area contributed by atoms with E-state index >= 15 is 0 Å². The molecule has 0 spiro atoms. The SMILES string of the molecule is CNc1ccc2c(c1)[Si](C)(C)c1cc(N(C)C)ccc1C2c1ccc(C(=O)[O-])cc1C. The zero-order valence-corrected chi connectivity index (χ0v) is 20.0. The van der Waals surface area contributed by atoms with E-state index in [1.807, 2.05) is 20.0 Å². The highest BCUT2D eigenvalue weighted by Crippen LogP contribution is 2.38. The van der Waals surface area contributed by atoms with Crippen LogP contribution in [0.1, 0.15) is 38.5 Å². The van der Waals surface area contributed by atoms with Crippen molar-refractivity contribution in [3.63, 3.8) is 0 Å². The molecule has 4 rings (SSSR count). The van der Waals surface area contributed by atoms with Gasteiger partial charge in [-0.05, 0) is 75.4 Å². The van der Waals surface area contributed by atoms with Crippen molar-refractivity contribution in [2.75, 3.05) is 31.4 Å². The molecular weight excluding hydrogens is 400 g/mol. The van der Waals surface area contributed by atoms with E-state index in [9.17, 15) is 9.90 Å². The van der Waals surface area contributed by atoms with Crippen LogP contribution < -0.4 is 25.7 Å². The van der Waals surface area contributed by atoms with E-state index in [4.69, 9.17) is 0 Å². The number of carbonyl (C=O) groups excluding carboxylic acids is 1. The predicted molar refractivity (Wildman–Crippen MR) is 130 cm³/mol. The lowest BCUT2D eigenvalue weighted by molar-refractivity contribution is -0.255. The summed E-state index contributed by atoms with van der Waals surface area (Å²) in [6.07, 6.45) is 0. The first-order valence-electron chi connectivity index (χ1n) is 10.6. The van der Waals surface area contributed by atoms with Crippen LogP contribution in [-0.4, -0.2) is 35.2 Å². The van der Waals surface area contributed by atoms with Gasteiger partial charge in [0.15, 0.2) is 0 Å². The lowest BCUT2D eigenvalue weighted by Crippen LogP contribution is -2.59. The minimum absolute atomic E-state index is 0.0726. The molecule has 1 aliphatic heterocycles. The zero-order chi connectivity index (χ0) is 22.5. The van der Waals surface area contributed by atoms with Crippen LogP contribution in [0.4, 0.5) is 11.4 Å². The second-order valence-corrected chi connectivity index (χ2v) is 13.5. The maximum atomic E-state index is 11.4. The monoisotopic (exact) mass is 429 g/mol. The summed E-state index contributed by atoms with van der Waals surface area (Å²) >= 11 is 0. The third-order valence-electron chi connectivity index (χ3n) is 6.68. The maximum absolute atomic E-state index is 11.4. The summed E-state index contributed by atoms with van der Waals surface area (Å²) in [4.78, 5) is 13.5. The van der Waals surface area contributed by atoms with Gasteiger partial charge >= 0.3 is 0 Å². The van der Waals surface area contributed by atoms with E-state index in [1.54, 1.807) is 12.1 Å². The van der Waals surface area contributed by atoms with Crippen LogP contribution in [0.2, 0.25) is 13.1 Å². The van der Waals surface area contributed by atoms with Crippen LogP contribution in [0.15, 0.2) is 54.6 Å². The Kier molecular flexibility index (Phi) is 5.18. The number of carbonyl (C=O) groups is 1. The van der Waals surface area contributed by atoms with E-state index in [1.165, 1.54) is 27.2 Å². The lowest BCUT2D eigenvalue weighted by atomic mass is 9.82. The zero-order valence-electron chi connectivity index (χ0n) is 19.0. The summed E-state index contributed by atoms with van der Waals surface area (Å²) < 4.78 is 0. The topological polar surface area (TPSA) is 55.4 Å².